The first kappa shape index (κ1) is 24.5. The van der Waals surface area contributed by atoms with Gasteiger partial charge in [-0.3, -0.25) is 0 Å². The van der Waals surface area contributed by atoms with Crippen LogP contribution in [-0.2, 0) is 6.42 Å². The minimum atomic E-state index is -0.197. The van der Waals surface area contributed by atoms with Gasteiger partial charge in [0.1, 0.15) is 11.6 Å². The molecule has 0 bridgehead atoms. The zero-order valence-electron chi connectivity index (χ0n) is 20.9. The lowest BCUT2D eigenvalue weighted by Crippen LogP contribution is -2.15. The molecule has 0 aromatic heterocycles. The number of aryl methyl sites for hydroxylation is 1. The average Bonchev–Trinajstić information content (AvgIpc) is 2.89. The second-order valence-electron chi connectivity index (χ2n) is 10.0. The highest BCUT2D eigenvalue weighted by atomic mass is 19.1. The topological polar surface area (TPSA) is 9.23 Å². The van der Waals surface area contributed by atoms with Crippen molar-refractivity contribution in [2.45, 2.75) is 71.1 Å². The van der Waals surface area contributed by atoms with Crippen LogP contribution in [0.3, 0.4) is 0 Å². The number of ether oxygens (including phenoxy) is 1. The van der Waals surface area contributed by atoms with E-state index in [1.54, 1.807) is 13.2 Å². The van der Waals surface area contributed by atoms with Gasteiger partial charge in [0.25, 0.3) is 0 Å². The Kier molecular flexibility index (Phi) is 8.79. The minimum Gasteiger partial charge on any atom is -0.497 e. The van der Waals surface area contributed by atoms with Crippen molar-refractivity contribution in [2.24, 2.45) is 11.8 Å². The number of unbranched alkanes of at least 4 members (excludes halogenated alkanes) is 2. The maximum Gasteiger partial charge on any atom is 0.131 e. The van der Waals surface area contributed by atoms with Gasteiger partial charge < -0.3 is 4.74 Å². The summed E-state index contributed by atoms with van der Waals surface area (Å²) in [5, 5.41) is 0. The van der Waals surface area contributed by atoms with Crippen LogP contribution < -0.4 is 4.74 Å². The summed E-state index contributed by atoms with van der Waals surface area (Å²) in [6.07, 6.45) is 13.7. The Morgan fingerprint density at radius 2 is 1.35 bits per heavy atom. The maximum atomic E-state index is 14.9. The van der Waals surface area contributed by atoms with E-state index in [1.807, 2.05) is 36.4 Å². The fourth-order valence-electron chi connectivity index (χ4n) is 5.43. The summed E-state index contributed by atoms with van der Waals surface area (Å²) in [7, 11) is 1.64. The Labute approximate surface area is 205 Å². The lowest BCUT2D eigenvalue weighted by atomic mass is 9.78. The first-order valence-corrected chi connectivity index (χ1v) is 13.2. The Hall–Kier alpha value is -2.61. The zero-order chi connectivity index (χ0) is 23.8. The third-order valence-corrected chi connectivity index (χ3v) is 7.68. The van der Waals surface area contributed by atoms with Gasteiger partial charge in [-0.2, -0.15) is 0 Å². The zero-order valence-corrected chi connectivity index (χ0v) is 20.9. The van der Waals surface area contributed by atoms with Gasteiger partial charge in [0.05, 0.1) is 7.11 Å². The predicted molar refractivity (Wildman–Crippen MR) is 142 cm³/mol. The third kappa shape index (κ3) is 6.50. The molecule has 0 unspecified atom stereocenters. The van der Waals surface area contributed by atoms with Crippen molar-refractivity contribution in [3.63, 3.8) is 0 Å². The SMILES string of the molecule is CCCCCC1CCC(CCc2ccc(-c3ccc(-c4ccc(OC)cc4)c(F)c3)cc2)CC1. The van der Waals surface area contributed by atoms with E-state index in [4.69, 9.17) is 4.74 Å². The van der Waals surface area contributed by atoms with Gasteiger partial charge in [0.15, 0.2) is 0 Å². The van der Waals surface area contributed by atoms with Crippen molar-refractivity contribution in [3.05, 3.63) is 78.1 Å². The van der Waals surface area contributed by atoms with Crippen LogP contribution in [0.15, 0.2) is 66.7 Å². The lowest BCUT2D eigenvalue weighted by molar-refractivity contribution is 0.249. The molecule has 1 aliphatic rings. The quantitative estimate of drug-likeness (QED) is 0.275. The van der Waals surface area contributed by atoms with E-state index in [0.717, 1.165) is 40.7 Å². The molecule has 1 fully saturated rings. The molecule has 0 N–H and O–H groups in total. The number of halogens is 1. The second-order valence-corrected chi connectivity index (χ2v) is 10.0. The Morgan fingerprint density at radius 3 is 1.97 bits per heavy atom. The van der Waals surface area contributed by atoms with Crippen molar-refractivity contribution >= 4 is 0 Å². The maximum absolute atomic E-state index is 14.9. The first-order valence-electron chi connectivity index (χ1n) is 13.2. The fraction of sp³-hybridized carbons (Fsp3) is 0.438. The standard InChI is InChI=1S/C32H39FO/c1-3-4-5-6-24-7-9-25(10-8-24)11-12-26-13-15-27(16-14-26)29-19-22-31(32(33)23-29)28-17-20-30(34-2)21-18-28/h13-25H,3-12H2,1-2H3. The smallest absolute Gasteiger partial charge is 0.131 e. The van der Waals surface area contributed by atoms with Gasteiger partial charge in [-0.1, -0.05) is 107 Å². The fourth-order valence-corrected chi connectivity index (χ4v) is 5.43. The van der Waals surface area contributed by atoms with Gasteiger partial charge >= 0.3 is 0 Å². The van der Waals surface area contributed by atoms with Crippen LogP contribution in [0.2, 0.25) is 0 Å². The Bertz CT molecular complexity index is 1010. The van der Waals surface area contributed by atoms with Crippen molar-refractivity contribution in [1.82, 2.24) is 0 Å². The van der Waals surface area contributed by atoms with Gasteiger partial charge in [0, 0.05) is 5.56 Å². The van der Waals surface area contributed by atoms with E-state index in [9.17, 15) is 4.39 Å². The van der Waals surface area contributed by atoms with Gasteiger partial charge in [0.2, 0.25) is 0 Å². The molecular formula is C32H39FO. The summed E-state index contributed by atoms with van der Waals surface area (Å²) in [6, 6.07) is 21.8. The molecule has 0 radical (unpaired) electrons. The molecule has 1 saturated carbocycles. The normalized spacial score (nSPS) is 18.1. The number of methoxy groups -OCH3 is 1. The molecule has 1 aliphatic carbocycles. The molecular weight excluding hydrogens is 419 g/mol. The van der Waals surface area contributed by atoms with Crippen molar-refractivity contribution < 1.29 is 9.13 Å². The second kappa shape index (κ2) is 12.2. The predicted octanol–water partition coefficient (Wildman–Crippen LogP) is 9.49. The van der Waals surface area contributed by atoms with Crippen LogP contribution in [0.4, 0.5) is 4.39 Å². The molecule has 0 aliphatic heterocycles. The average molecular weight is 459 g/mol. The van der Waals surface area contributed by atoms with E-state index < -0.39 is 0 Å². The molecule has 34 heavy (non-hydrogen) atoms. The lowest BCUT2D eigenvalue weighted by Gasteiger charge is -2.28. The molecule has 0 heterocycles. The summed E-state index contributed by atoms with van der Waals surface area (Å²) in [6.45, 7) is 2.29. The van der Waals surface area contributed by atoms with Crippen LogP contribution >= 0.6 is 0 Å². The highest BCUT2D eigenvalue weighted by Gasteiger charge is 2.20. The van der Waals surface area contributed by atoms with Crippen molar-refractivity contribution in [3.8, 4) is 28.0 Å². The minimum absolute atomic E-state index is 0.197. The highest BCUT2D eigenvalue weighted by molar-refractivity contribution is 5.71. The highest BCUT2D eigenvalue weighted by Crippen LogP contribution is 2.34. The monoisotopic (exact) mass is 458 g/mol. The number of hydrogen-bond acceptors (Lipinski definition) is 1. The summed E-state index contributed by atoms with van der Waals surface area (Å²) >= 11 is 0. The number of benzene rings is 3. The van der Waals surface area contributed by atoms with E-state index in [-0.39, 0.29) is 5.82 Å². The summed E-state index contributed by atoms with van der Waals surface area (Å²) in [4.78, 5) is 0. The van der Waals surface area contributed by atoms with Crippen LogP contribution in [0.1, 0.15) is 70.3 Å². The molecule has 0 amide bonds. The van der Waals surface area contributed by atoms with Crippen molar-refractivity contribution in [2.75, 3.05) is 7.11 Å². The van der Waals surface area contributed by atoms with Crippen LogP contribution in [0.5, 0.6) is 5.75 Å². The molecule has 3 aromatic rings. The van der Waals surface area contributed by atoms with E-state index in [0.29, 0.717) is 5.56 Å². The van der Waals surface area contributed by atoms with E-state index in [1.165, 1.54) is 63.4 Å². The van der Waals surface area contributed by atoms with Crippen LogP contribution in [-0.4, -0.2) is 7.11 Å². The molecule has 4 rings (SSSR count). The van der Waals surface area contributed by atoms with Crippen LogP contribution in [0, 0.1) is 17.7 Å². The first-order chi connectivity index (χ1) is 16.7. The van der Waals surface area contributed by atoms with Crippen molar-refractivity contribution in [1.29, 1.82) is 0 Å². The van der Waals surface area contributed by atoms with Crippen LogP contribution in [0.25, 0.3) is 22.3 Å². The van der Waals surface area contributed by atoms with Gasteiger partial charge in [-0.05, 0) is 65.1 Å². The Morgan fingerprint density at radius 1 is 0.735 bits per heavy atom. The van der Waals surface area contributed by atoms with Gasteiger partial charge in [-0.15, -0.1) is 0 Å². The van der Waals surface area contributed by atoms with Gasteiger partial charge in [-0.25, -0.2) is 4.39 Å². The molecule has 180 valence electrons. The summed E-state index contributed by atoms with van der Waals surface area (Å²) in [5.41, 5.74) is 4.85. The van der Waals surface area contributed by atoms with E-state index >= 15 is 0 Å². The molecule has 0 atom stereocenters. The Balaban J connectivity index is 1.30. The number of rotatable bonds is 10. The number of hydrogen-bond donors (Lipinski definition) is 0. The summed E-state index contributed by atoms with van der Waals surface area (Å²) < 4.78 is 20.1. The molecule has 2 heteroatoms. The van der Waals surface area contributed by atoms with E-state index in [2.05, 4.69) is 31.2 Å². The third-order valence-electron chi connectivity index (χ3n) is 7.68. The largest absolute Gasteiger partial charge is 0.497 e. The molecule has 0 saturated heterocycles. The molecule has 3 aromatic carbocycles. The molecule has 1 nitrogen and oxygen atoms in total. The molecule has 0 spiro atoms. The summed E-state index contributed by atoms with van der Waals surface area (Å²) in [5.74, 6) is 2.45.